The molecule has 1 aliphatic heterocycles. The van der Waals surface area contributed by atoms with Crippen molar-refractivity contribution in [1.29, 1.82) is 5.41 Å². The summed E-state index contributed by atoms with van der Waals surface area (Å²) in [6.45, 7) is 2.60. The molecule has 0 aliphatic carbocycles. The molecule has 1 fully saturated rings. The molecule has 16 heteroatoms. The Morgan fingerprint density at radius 1 is 1.34 bits per heavy atom. The van der Waals surface area contributed by atoms with Crippen molar-refractivity contribution in [2.45, 2.75) is 36.3 Å². The van der Waals surface area contributed by atoms with Gasteiger partial charge in [0.15, 0.2) is 0 Å². The molecule has 206 valence electrons. The number of aliphatic carboxylic acids is 1. The van der Waals surface area contributed by atoms with Crippen LogP contribution in [0, 0.1) is 12.3 Å². The number of nitrogen functional groups attached to an aromatic ring is 1. The second-order valence-electron chi connectivity index (χ2n) is 8.28. The van der Waals surface area contributed by atoms with E-state index in [-0.39, 0.29) is 16.0 Å². The maximum atomic E-state index is 13.4. The molecule has 0 saturated carbocycles. The third-order valence-corrected chi connectivity index (χ3v) is 10.7. The number of carboxylic acid groups (broad SMARTS) is 1. The smallest absolute Gasteiger partial charge is 0.475 e. The number of nitrogens with one attached hydrogen (secondary N) is 1. The Morgan fingerprint density at radius 2 is 1.97 bits per heavy atom. The maximum absolute atomic E-state index is 13.4. The highest BCUT2D eigenvalue weighted by atomic mass is 35.5. The monoisotopic (exact) mass is 610 g/mol. The molecule has 0 radical (unpaired) electrons. The summed E-state index contributed by atoms with van der Waals surface area (Å²) in [5.74, 6) is -2.98. The van der Waals surface area contributed by atoms with Crippen LogP contribution in [0.15, 0.2) is 33.9 Å². The van der Waals surface area contributed by atoms with Crippen molar-refractivity contribution in [2.75, 3.05) is 13.6 Å². The normalized spacial score (nSPS) is 16.1. The molecule has 38 heavy (non-hydrogen) atoms. The number of carboxylic acids is 1. The number of hydrogen-bond acceptors (Lipinski definition) is 7. The van der Waals surface area contributed by atoms with Crippen molar-refractivity contribution in [2.24, 2.45) is 5.73 Å². The molecule has 4 rings (SSSR count). The Bertz CT molecular complexity index is 1500. The molecule has 1 atom stereocenters. The molecule has 0 unspecified atom stereocenters. The van der Waals surface area contributed by atoms with Gasteiger partial charge in [-0.1, -0.05) is 11.6 Å². The molecule has 9 nitrogen and oxygen atoms in total. The van der Waals surface area contributed by atoms with Gasteiger partial charge in [-0.3, -0.25) is 10.2 Å². The topological polar surface area (TPSA) is 145 Å². The second kappa shape index (κ2) is 11.2. The fourth-order valence-electron chi connectivity index (χ4n) is 3.75. The summed E-state index contributed by atoms with van der Waals surface area (Å²) in [6.07, 6.45) is -4.66. The summed E-state index contributed by atoms with van der Waals surface area (Å²) in [6, 6.07) is 6.36. The minimum absolute atomic E-state index is 0.00677. The minimum Gasteiger partial charge on any atom is -0.475 e. The van der Waals surface area contributed by atoms with E-state index in [1.54, 1.807) is 30.0 Å². The van der Waals surface area contributed by atoms with E-state index < -0.39 is 28.2 Å². The van der Waals surface area contributed by atoms with Gasteiger partial charge in [-0.05, 0) is 59.5 Å². The van der Waals surface area contributed by atoms with Crippen molar-refractivity contribution in [3.63, 3.8) is 0 Å². The second-order valence-corrected chi connectivity index (χ2v) is 12.9. The quantitative estimate of drug-likeness (QED) is 0.281. The molecule has 3 heterocycles. The zero-order valence-electron chi connectivity index (χ0n) is 19.9. The average molecular weight is 611 g/mol. The van der Waals surface area contributed by atoms with Gasteiger partial charge < -0.3 is 15.7 Å². The van der Waals surface area contributed by atoms with E-state index in [0.29, 0.717) is 35.0 Å². The van der Waals surface area contributed by atoms with Crippen LogP contribution < -0.4 is 5.73 Å². The molecule has 4 N–H and O–H groups in total. The summed E-state index contributed by atoms with van der Waals surface area (Å²) in [4.78, 5) is 24.2. The lowest BCUT2D eigenvalue weighted by molar-refractivity contribution is -0.192. The lowest BCUT2D eigenvalue weighted by atomic mass is 10.2. The van der Waals surface area contributed by atoms with E-state index in [2.05, 4.69) is 0 Å². The van der Waals surface area contributed by atoms with Crippen LogP contribution in [-0.4, -0.2) is 66.3 Å². The fourth-order valence-corrected chi connectivity index (χ4v) is 7.94. The molecule has 1 saturated heterocycles. The van der Waals surface area contributed by atoms with Gasteiger partial charge in [-0.2, -0.15) is 17.5 Å². The number of likely N-dealkylation sites (N-methyl/N-ethyl adjacent to an activating group) is 1. The predicted molar refractivity (Wildman–Crippen MR) is 139 cm³/mol. The first-order valence-corrected chi connectivity index (χ1v) is 14.2. The van der Waals surface area contributed by atoms with Gasteiger partial charge in [0, 0.05) is 29.9 Å². The molecule has 0 bridgehead atoms. The Labute approximate surface area is 228 Å². The first kappa shape index (κ1) is 29.8. The first-order valence-electron chi connectivity index (χ1n) is 10.7. The van der Waals surface area contributed by atoms with Gasteiger partial charge in [0.1, 0.15) is 16.1 Å². The van der Waals surface area contributed by atoms with Crippen LogP contribution >= 0.6 is 34.3 Å². The van der Waals surface area contributed by atoms with Crippen LogP contribution in [0.1, 0.15) is 22.4 Å². The van der Waals surface area contributed by atoms with Gasteiger partial charge in [-0.25, -0.2) is 13.2 Å². The summed E-state index contributed by atoms with van der Waals surface area (Å²) < 4.78 is 60.8. The predicted octanol–water partition coefficient (Wildman–Crippen LogP) is 4.26. The summed E-state index contributed by atoms with van der Waals surface area (Å²) in [7, 11) is -2.38. The molecule has 2 aromatic heterocycles. The fraction of sp³-hybridized carbons (Fsp3) is 0.318. The Hall–Kier alpha value is -2.72. The van der Waals surface area contributed by atoms with Crippen LogP contribution in [0.4, 0.5) is 13.2 Å². The standard InChI is InChI=1S/C20H21ClN4O3S3.C2HF3O2/c1-11-14-8-13(21)3-4-16(14)30-20(11)31(27,28)24(2)15-5-6-25(19(15)26)9-12-7-17(18(22)23)29-10-12;3-2(4,5)1(6)7/h3-4,7-8,10,15H,5-6,9H2,1-2H3,(H3,22,23);(H,6,7)/t15-;/m0./s1. The van der Waals surface area contributed by atoms with Crippen molar-refractivity contribution in [3.8, 4) is 0 Å². The molecule has 1 amide bonds. The minimum atomic E-state index is -5.08. The maximum Gasteiger partial charge on any atom is 0.490 e. The lowest BCUT2D eigenvalue weighted by Gasteiger charge is -2.23. The van der Waals surface area contributed by atoms with Crippen LogP contribution in [0.25, 0.3) is 10.1 Å². The van der Waals surface area contributed by atoms with Crippen molar-refractivity contribution in [3.05, 3.63) is 50.7 Å². The van der Waals surface area contributed by atoms with Crippen LogP contribution in [0.3, 0.4) is 0 Å². The van der Waals surface area contributed by atoms with Crippen LogP contribution in [0.5, 0.6) is 0 Å². The van der Waals surface area contributed by atoms with Gasteiger partial charge in [-0.15, -0.1) is 22.7 Å². The molecule has 1 aliphatic rings. The average Bonchev–Trinajstić information content (AvgIpc) is 3.52. The number of benzene rings is 1. The number of sulfonamides is 1. The molecule has 0 spiro atoms. The Balaban J connectivity index is 0.000000505. The Kier molecular flexibility index (Phi) is 8.77. The van der Waals surface area contributed by atoms with Crippen molar-refractivity contribution < 1.29 is 36.3 Å². The summed E-state index contributed by atoms with van der Waals surface area (Å²) in [5.41, 5.74) is 7.04. The number of rotatable bonds is 6. The number of amides is 1. The van der Waals surface area contributed by atoms with Gasteiger partial charge in [0.05, 0.1) is 4.88 Å². The zero-order chi connectivity index (χ0) is 28.6. The van der Waals surface area contributed by atoms with Gasteiger partial charge in [0.2, 0.25) is 5.91 Å². The number of nitrogens with two attached hydrogens (primary N) is 1. The highest BCUT2D eigenvalue weighted by Crippen LogP contribution is 2.38. The SMILES string of the molecule is Cc1c(S(=O)(=O)N(C)[C@H]2CCN(Cc3csc(C(=N)N)c3)C2=O)sc2ccc(Cl)cc12.O=C(O)C(F)(F)F. The van der Waals surface area contributed by atoms with Gasteiger partial charge >= 0.3 is 12.1 Å². The van der Waals surface area contributed by atoms with Crippen LogP contribution in [-0.2, 0) is 26.2 Å². The van der Waals surface area contributed by atoms with E-state index in [9.17, 15) is 26.4 Å². The number of carbonyl (C=O) groups is 2. The highest BCUT2D eigenvalue weighted by molar-refractivity contribution is 7.91. The van der Waals surface area contributed by atoms with E-state index in [0.717, 1.165) is 15.6 Å². The lowest BCUT2D eigenvalue weighted by Crippen LogP contribution is -2.42. The molecular weight excluding hydrogens is 589 g/mol. The first-order chi connectivity index (χ1) is 17.5. The zero-order valence-corrected chi connectivity index (χ0v) is 23.1. The number of fused-ring (bicyclic) bond motifs is 1. The van der Waals surface area contributed by atoms with Crippen molar-refractivity contribution in [1.82, 2.24) is 9.21 Å². The van der Waals surface area contributed by atoms with E-state index in [1.165, 1.54) is 34.0 Å². The van der Waals surface area contributed by atoms with E-state index in [1.807, 2.05) is 11.4 Å². The Morgan fingerprint density at radius 3 is 2.53 bits per heavy atom. The highest BCUT2D eigenvalue weighted by Gasteiger charge is 2.41. The molecule has 1 aromatic carbocycles. The summed E-state index contributed by atoms with van der Waals surface area (Å²) in [5, 5.41) is 17.9. The van der Waals surface area contributed by atoms with Crippen molar-refractivity contribution >= 4 is 72.1 Å². The number of thiophene rings is 2. The number of alkyl halides is 3. The number of hydrogen-bond donors (Lipinski definition) is 3. The van der Waals surface area contributed by atoms with E-state index >= 15 is 0 Å². The number of nitrogens with zero attached hydrogens (tertiary/aromatic N) is 2. The van der Waals surface area contributed by atoms with Gasteiger partial charge in [0.25, 0.3) is 10.0 Å². The van der Waals surface area contributed by atoms with E-state index in [4.69, 9.17) is 32.6 Å². The number of halogens is 4. The number of amidine groups is 1. The number of carbonyl (C=O) groups excluding carboxylic acids is 1. The molecular formula is C22H22ClF3N4O5S3. The number of aryl methyl sites for hydroxylation is 1. The van der Waals surface area contributed by atoms with Crippen LogP contribution in [0.2, 0.25) is 5.02 Å². The largest absolute Gasteiger partial charge is 0.490 e. The third-order valence-electron chi connectivity index (χ3n) is 5.71. The molecule has 3 aromatic rings. The number of likely N-dealkylation sites (tertiary alicyclic amines) is 1. The summed E-state index contributed by atoms with van der Waals surface area (Å²) >= 11 is 8.62. The third kappa shape index (κ3) is 6.29.